The van der Waals surface area contributed by atoms with Gasteiger partial charge in [-0.05, 0) is 16.7 Å². The van der Waals surface area contributed by atoms with E-state index in [0.29, 0.717) is 10.5 Å². The van der Waals surface area contributed by atoms with Crippen LogP contribution in [-0.2, 0) is 38.1 Å². The largest absolute Gasteiger partial charge is 0.460 e. The predicted octanol–water partition coefficient (Wildman–Crippen LogP) is 6.39. The van der Waals surface area contributed by atoms with Crippen LogP contribution in [0, 0.1) is 10.8 Å². The minimum absolute atomic E-state index is 0.00687. The fourth-order valence-electron chi connectivity index (χ4n) is 5.61. The number of nitrogens with zero attached hydrogens (tertiary/aromatic N) is 2. The Kier molecular flexibility index (Phi) is 9.13. The summed E-state index contributed by atoms with van der Waals surface area (Å²) in [4.78, 5) is 47.0. The smallest absolute Gasteiger partial charge is 0.349 e. The molecule has 1 fully saturated rings. The van der Waals surface area contributed by atoms with Crippen molar-refractivity contribution in [3.63, 3.8) is 0 Å². The Bertz CT molecular complexity index is 1580. The van der Waals surface area contributed by atoms with Crippen molar-refractivity contribution in [1.82, 2.24) is 4.90 Å². The minimum Gasteiger partial charge on any atom is -0.460 e. The number of ether oxygens (including phenoxy) is 1. The normalized spacial score (nSPS) is 20.0. The van der Waals surface area contributed by atoms with Gasteiger partial charge in [-0.15, -0.1) is 0 Å². The van der Waals surface area contributed by atoms with Gasteiger partial charge in [0.1, 0.15) is 12.5 Å². The summed E-state index contributed by atoms with van der Waals surface area (Å²) in [5, 5.41) is 0. The van der Waals surface area contributed by atoms with Crippen LogP contribution in [0.1, 0.15) is 39.8 Å². The van der Waals surface area contributed by atoms with Crippen LogP contribution in [0.5, 0.6) is 0 Å². The lowest BCUT2D eigenvalue weighted by Gasteiger charge is -2.35. The Labute approximate surface area is 254 Å². The Morgan fingerprint density at radius 3 is 1.91 bits per heavy atom. The van der Waals surface area contributed by atoms with E-state index in [1.54, 1.807) is 0 Å². The number of carbonyl (C=O) groups excluding carboxylic acids is 2. The van der Waals surface area contributed by atoms with E-state index in [4.69, 9.17) is 9.57 Å². The van der Waals surface area contributed by atoms with Crippen LogP contribution in [0.15, 0.2) is 115 Å². The van der Waals surface area contributed by atoms with Gasteiger partial charge in [0.15, 0.2) is 0 Å². The van der Waals surface area contributed by atoms with Gasteiger partial charge in [0, 0.05) is 31.6 Å². The molecule has 4 aromatic rings. The van der Waals surface area contributed by atoms with E-state index in [2.05, 4.69) is 0 Å². The predicted molar refractivity (Wildman–Crippen MR) is 159 cm³/mol. The molecule has 0 spiro atoms. The van der Waals surface area contributed by atoms with Gasteiger partial charge in [0.05, 0.1) is 10.8 Å². The molecule has 1 aliphatic rings. The number of benzene rings is 4. The van der Waals surface area contributed by atoms with Gasteiger partial charge < -0.3 is 9.64 Å². The van der Waals surface area contributed by atoms with E-state index in [0.717, 1.165) is 21.6 Å². The van der Waals surface area contributed by atoms with Gasteiger partial charge in [0.2, 0.25) is 11.0 Å². The Hall–Kier alpha value is -4.92. The first-order valence-electron chi connectivity index (χ1n) is 14.3. The number of hydrogen-bond acceptors (Lipinski definition) is 5. The van der Waals surface area contributed by atoms with Crippen molar-refractivity contribution in [2.45, 2.75) is 37.0 Å². The highest BCUT2D eigenvalue weighted by atomic mass is 19.3. The van der Waals surface area contributed by atoms with Crippen molar-refractivity contribution in [3.05, 3.63) is 148 Å². The molecular weight excluding hydrogens is 566 g/mol. The van der Waals surface area contributed by atoms with Crippen LogP contribution >= 0.6 is 0 Å². The summed E-state index contributed by atoms with van der Waals surface area (Å²) < 4.78 is 35.3. The van der Waals surface area contributed by atoms with Crippen LogP contribution in [0.4, 0.5) is 8.78 Å². The quantitative estimate of drug-likeness (QED) is 0.209. The molecule has 0 aromatic heterocycles. The molecule has 4 aromatic carbocycles. The zero-order valence-electron chi connectivity index (χ0n) is 24.4. The van der Waals surface area contributed by atoms with E-state index in [1.165, 1.54) is 38.4 Å². The highest BCUT2D eigenvalue weighted by molar-refractivity contribution is 5.84. The first-order valence-corrected chi connectivity index (χ1v) is 14.3. The average molecular weight is 600 g/mol. The second-order valence-corrected chi connectivity index (χ2v) is 11.0. The van der Waals surface area contributed by atoms with Crippen LogP contribution in [-0.4, -0.2) is 41.8 Å². The molecule has 1 aliphatic heterocycles. The first-order chi connectivity index (χ1) is 21.2. The summed E-state index contributed by atoms with van der Waals surface area (Å²) in [6, 6.07) is 32.0. The molecule has 1 unspecified atom stereocenters. The Balaban J connectivity index is 1.52. The number of amides is 1. The molecule has 0 aliphatic carbocycles. The van der Waals surface area contributed by atoms with E-state index in [9.17, 15) is 23.3 Å². The second-order valence-electron chi connectivity index (χ2n) is 11.0. The minimum atomic E-state index is -3.72. The summed E-state index contributed by atoms with van der Waals surface area (Å²) in [7, 11) is 2.53. The van der Waals surface area contributed by atoms with Gasteiger partial charge in [-0.3, -0.25) is 9.59 Å². The molecule has 1 saturated heterocycles. The fraction of sp³-hybridized carbons (Fsp3) is 0.257. The van der Waals surface area contributed by atoms with Gasteiger partial charge in [0.25, 0.3) is 11.9 Å². The number of halogens is 2. The highest BCUT2D eigenvalue weighted by Gasteiger charge is 2.57. The van der Waals surface area contributed by atoms with E-state index in [1.807, 2.05) is 91.0 Å². The average Bonchev–Trinajstić information content (AvgIpc) is 3.05. The van der Waals surface area contributed by atoms with Crippen molar-refractivity contribution in [2.75, 3.05) is 14.1 Å². The summed E-state index contributed by atoms with van der Waals surface area (Å²) in [5.41, 5.74) is 2.35. The van der Waals surface area contributed by atoms with Crippen molar-refractivity contribution >= 4 is 11.9 Å². The molecule has 226 valence electrons. The molecule has 0 saturated carbocycles. The molecule has 7 nitrogen and oxygen atoms in total. The third kappa shape index (κ3) is 6.51. The summed E-state index contributed by atoms with van der Waals surface area (Å²) >= 11 is 0. The number of esters is 1. The molecule has 9 heteroatoms. The van der Waals surface area contributed by atoms with Crippen LogP contribution in [0.25, 0.3) is 0 Å². The van der Waals surface area contributed by atoms with Crippen molar-refractivity contribution in [1.29, 1.82) is 0 Å². The lowest BCUT2D eigenvalue weighted by Crippen LogP contribution is -2.49. The molecule has 1 amide bonds. The fourth-order valence-corrected chi connectivity index (χ4v) is 5.61. The van der Waals surface area contributed by atoms with Crippen molar-refractivity contribution in [3.8, 4) is 0 Å². The maximum atomic E-state index is 14.8. The van der Waals surface area contributed by atoms with Crippen LogP contribution in [0.3, 0.4) is 0 Å². The van der Waals surface area contributed by atoms with E-state index in [-0.39, 0.29) is 13.0 Å². The molecule has 0 bridgehead atoms. The summed E-state index contributed by atoms with van der Waals surface area (Å²) in [6.45, 7) is 0.0177. The van der Waals surface area contributed by atoms with Crippen LogP contribution < -0.4 is 0 Å². The lowest BCUT2D eigenvalue weighted by molar-refractivity contribution is -0.852. The standard InChI is InChI=1S/C35H33F2N2O5/c1-38(2)34(41)35(36,37)28-20-18-24(19-21-28)22-29-31(33(40)43-23-25-12-6-3-7-13-25)30(26-14-8-4-9-15-26)32(44-39(29)42)27-16-10-5-11-17-27/h3-21,29-32H,22-23H2,1-2H3/q+1/t29-,30+,31?,32-/m1/s1. The highest BCUT2D eigenvalue weighted by Crippen LogP contribution is 2.46. The SMILES string of the molecule is CN(C)C(=O)C(F)(F)c1ccc(C[C@@H]2C(C(=O)OCc3ccccc3)[C@H](c3ccccc3)[C@@H](c3ccccc3)O[N+]2=O)cc1. The lowest BCUT2D eigenvalue weighted by atomic mass is 9.73. The molecule has 44 heavy (non-hydrogen) atoms. The number of alkyl halides is 2. The molecule has 4 atom stereocenters. The number of carbonyl (C=O) groups is 2. The topological polar surface area (TPSA) is 75.9 Å². The zero-order chi connectivity index (χ0) is 31.3. The molecular formula is C35H33F2N2O5+. The number of hydrogen-bond donors (Lipinski definition) is 0. The zero-order valence-corrected chi connectivity index (χ0v) is 24.4. The van der Waals surface area contributed by atoms with Crippen molar-refractivity contribution in [2.24, 2.45) is 5.92 Å². The number of rotatable bonds is 9. The van der Waals surface area contributed by atoms with Crippen molar-refractivity contribution < 1.29 is 32.9 Å². The number of likely N-dealkylation sites (N-methyl/N-ethyl adjacent to an activating group) is 1. The maximum absolute atomic E-state index is 14.8. The van der Waals surface area contributed by atoms with Crippen LogP contribution in [0.2, 0.25) is 0 Å². The van der Waals surface area contributed by atoms with Gasteiger partial charge in [-0.1, -0.05) is 115 Å². The maximum Gasteiger partial charge on any atom is 0.349 e. The Morgan fingerprint density at radius 1 is 0.795 bits per heavy atom. The van der Waals surface area contributed by atoms with Gasteiger partial charge >= 0.3 is 11.9 Å². The summed E-state index contributed by atoms with van der Waals surface area (Å²) in [6.07, 6.45) is -0.785. The molecule has 0 radical (unpaired) electrons. The monoisotopic (exact) mass is 599 g/mol. The first kappa shape index (κ1) is 30.5. The van der Waals surface area contributed by atoms with E-state index < -0.39 is 47.3 Å². The van der Waals surface area contributed by atoms with E-state index >= 15 is 0 Å². The Morgan fingerprint density at radius 2 is 1.34 bits per heavy atom. The third-order valence-electron chi connectivity index (χ3n) is 7.86. The molecule has 5 rings (SSSR count). The van der Waals surface area contributed by atoms with Gasteiger partial charge in [-0.2, -0.15) is 8.78 Å². The summed E-state index contributed by atoms with van der Waals surface area (Å²) in [5.74, 6) is -7.20. The third-order valence-corrected chi connectivity index (χ3v) is 7.86. The molecule has 1 heterocycles. The second kappa shape index (κ2) is 13.2. The van der Waals surface area contributed by atoms with Gasteiger partial charge in [-0.25, -0.2) is 4.84 Å². The molecule has 0 N–H and O–H groups in total.